The summed E-state index contributed by atoms with van der Waals surface area (Å²) in [6.07, 6.45) is 0.527. The average molecular weight is 440 g/mol. The van der Waals surface area contributed by atoms with Gasteiger partial charge in [-0.3, -0.25) is 4.79 Å². The Morgan fingerprint density at radius 3 is 2.35 bits per heavy atom. The predicted molar refractivity (Wildman–Crippen MR) is 119 cm³/mol. The van der Waals surface area contributed by atoms with Crippen molar-refractivity contribution >= 4 is 29.7 Å². The minimum atomic E-state index is -1.04. The number of hydrogen-bond acceptors (Lipinski definition) is 4. The standard InChI is InChI=1S/C23H22ClN3O4/c1-14-4-5-15(2)27(14)18-8-11-21(24)20(12-18)22(28)26-25-13-17-6-9-19(10-7-17)31-16(3)23(29)30/h4-13,16H,1-3H3,(H,26,28)(H,29,30)/t16-/m1/s1. The van der Waals surface area contributed by atoms with E-state index >= 15 is 0 Å². The molecule has 1 heterocycles. The van der Waals surface area contributed by atoms with Crippen molar-refractivity contribution in [2.75, 3.05) is 0 Å². The van der Waals surface area contributed by atoms with Crippen LogP contribution in [0, 0.1) is 13.8 Å². The van der Waals surface area contributed by atoms with Crippen LogP contribution in [0.1, 0.15) is 34.2 Å². The molecule has 0 aliphatic heterocycles. The van der Waals surface area contributed by atoms with Gasteiger partial charge in [-0.05, 0) is 80.9 Å². The number of hydrazone groups is 1. The van der Waals surface area contributed by atoms with Gasteiger partial charge >= 0.3 is 5.97 Å². The number of aromatic nitrogens is 1. The first-order valence-electron chi connectivity index (χ1n) is 9.54. The average Bonchev–Trinajstić information content (AvgIpc) is 3.07. The summed E-state index contributed by atoms with van der Waals surface area (Å²) < 4.78 is 7.31. The number of aliphatic carboxylic acids is 1. The largest absolute Gasteiger partial charge is 0.479 e. The van der Waals surface area contributed by atoms with Crippen molar-refractivity contribution in [3.8, 4) is 11.4 Å². The first-order valence-corrected chi connectivity index (χ1v) is 9.92. The van der Waals surface area contributed by atoms with Gasteiger partial charge in [-0.25, -0.2) is 10.2 Å². The maximum Gasteiger partial charge on any atom is 0.344 e. The molecule has 1 atom stereocenters. The second kappa shape index (κ2) is 9.49. The number of carbonyl (C=O) groups is 2. The van der Waals surface area contributed by atoms with Gasteiger partial charge in [-0.1, -0.05) is 11.6 Å². The fourth-order valence-electron chi connectivity index (χ4n) is 3.01. The van der Waals surface area contributed by atoms with E-state index in [-0.39, 0.29) is 0 Å². The SMILES string of the molecule is Cc1ccc(C)n1-c1ccc(Cl)c(C(=O)NN=Cc2ccc(O[C@H](C)C(=O)O)cc2)c1. The quantitative estimate of drug-likeness (QED) is 0.422. The molecule has 1 amide bonds. The van der Waals surface area contributed by atoms with Gasteiger partial charge in [0.1, 0.15) is 5.75 Å². The monoisotopic (exact) mass is 439 g/mol. The first kappa shape index (κ1) is 22.1. The lowest BCUT2D eigenvalue weighted by Crippen LogP contribution is -2.22. The number of carboxylic acids is 1. The zero-order valence-corrected chi connectivity index (χ0v) is 18.1. The molecule has 0 unspecified atom stereocenters. The molecule has 1 aromatic heterocycles. The lowest BCUT2D eigenvalue weighted by atomic mass is 10.2. The maximum atomic E-state index is 12.6. The molecule has 0 spiro atoms. The fraction of sp³-hybridized carbons (Fsp3) is 0.174. The number of rotatable bonds is 7. The third kappa shape index (κ3) is 5.32. The van der Waals surface area contributed by atoms with Gasteiger partial charge in [-0.15, -0.1) is 0 Å². The van der Waals surface area contributed by atoms with Crippen molar-refractivity contribution in [1.82, 2.24) is 9.99 Å². The normalized spacial score (nSPS) is 12.0. The molecule has 160 valence electrons. The van der Waals surface area contributed by atoms with E-state index in [1.54, 1.807) is 36.4 Å². The molecule has 0 saturated heterocycles. The molecule has 2 N–H and O–H groups in total. The minimum absolute atomic E-state index is 0.315. The van der Waals surface area contributed by atoms with Gasteiger partial charge in [0.2, 0.25) is 0 Å². The van der Waals surface area contributed by atoms with Crippen molar-refractivity contribution in [1.29, 1.82) is 0 Å². The van der Waals surface area contributed by atoms with E-state index in [4.69, 9.17) is 21.4 Å². The summed E-state index contributed by atoms with van der Waals surface area (Å²) in [6.45, 7) is 5.43. The van der Waals surface area contributed by atoms with E-state index in [0.29, 0.717) is 21.9 Å². The number of carboxylic acid groups (broad SMARTS) is 1. The number of nitrogens with one attached hydrogen (secondary N) is 1. The number of carbonyl (C=O) groups excluding carboxylic acids is 1. The van der Waals surface area contributed by atoms with E-state index in [1.165, 1.54) is 13.1 Å². The Kier molecular flexibility index (Phi) is 6.77. The molecule has 0 saturated carbocycles. The van der Waals surface area contributed by atoms with Crippen LogP contribution in [0.5, 0.6) is 5.75 Å². The smallest absolute Gasteiger partial charge is 0.344 e. The summed E-state index contributed by atoms with van der Waals surface area (Å²) in [5.41, 5.74) is 6.44. The van der Waals surface area contributed by atoms with E-state index in [9.17, 15) is 9.59 Å². The lowest BCUT2D eigenvalue weighted by molar-refractivity contribution is -0.144. The number of aryl methyl sites for hydroxylation is 2. The molecule has 0 aliphatic rings. The van der Waals surface area contributed by atoms with Gasteiger partial charge in [0, 0.05) is 17.1 Å². The Labute approximate surface area is 184 Å². The second-order valence-electron chi connectivity index (χ2n) is 6.98. The lowest BCUT2D eigenvalue weighted by Gasteiger charge is -2.12. The zero-order chi connectivity index (χ0) is 22.5. The van der Waals surface area contributed by atoms with E-state index in [1.807, 2.05) is 36.6 Å². The molecular formula is C23H22ClN3O4. The van der Waals surface area contributed by atoms with Crippen molar-refractivity contribution in [3.63, 3.8) is 0 Å². The number of amides is 1. The molecule has 7 nitrogen and oxygen atoms in total. The summed E-state index contributed by atoms with van der Waals surface area (Å²) in [7, 11) is 0. The van der Waals surface area contributed by atoms with Crippen molar-refractivity contribution in [2.24, 2.45) is 5.10 Å². The van der Waals surface area contributed by atoms with Crippen molar-refractivity contribution in [3.05, 3.63) is 82.1 Å². The topological polar surface area (TPSA) is 92.9 Å². The van der Waals surface area contributed by atoms with Crippen LogP contribution in [0.25, 0.3) is 5.69 Å². The van der Waals surface area contributed by atoms with Gasteiger partial charge in [0.05, 0.1) is 16.8 Å². The Bertz CT molecular complexity index is 1120. The Morgan fingerprint density at radius 1 is 1.10 bits per heavy atom. The van der Waals surface area contributed by atoms with Crippen LogP contribution >= 0.6 is 11.6 Å². The number of benzene rings is 2. The summed E-state index contributed by atoms with van der Waals surface area (Å²) >= 11 is 6.23. The van der Waals surface area contributed by atoms with E-state index in [2.05, 4.69) is 10.5 Å². The zero-order valence-electron chi connectivity index (χ0n) is 17.3. The van der Waals surface area contributed by atoms with Gasteiger partial charge < -0.3 is 14.4 Å². The van der Waals surface area contributed by atoms with Crippen LogP contribution in [0.3, 0.4) is 0 Å². The summed E-state index contributed by atoms with van der Waals surface area (Å²) in [6, 6.07) is 15.9. The van der Waals surface area contributed by atoms with Crippen LogP contribution in [0.4, 0.5) is 0 Å². The molecule has 0 radical (unpaired) electrons. The Morgan fingerprint density at radius 2 is 1.74 bits per heavy atom. The van der Waals surface area contributed by atoms with Crippen molar-refractivity contribution in [2.45, 2.75) is 26.9 Å². The molecule has 2 aromatic carbocycles. The second-order valence-corrected chi connectivity index (χ2v) is 7.39. The highest BCUT2D eigenvalue weighted by molar-refractivity contribution is 6.33. The predicted octanol–water partition coefficient (Wildman–Crippen LogP) is 4.36. The molecule has 0 fully saturated rings. The summed E-state index contributed by atoms with van der Waals surface area (Å²) in [4.78, 5) is 23.4. The molecule has 3 aromatic rings. The fourth-order valence-corrected chi connectivity index (χ4v) is 3.22. The Hall–Kier alpha value is -3.58. The Balaban J connectivity index is 1.69. The van der Waals surface area contributed by atoms with E-state index < -0.39 is 18.0 Å². The van der Waals surface area contributed by atoms with E-state index in [0.717, 1.165) is 17.1 Å². The molecule has 8 heteroatoms. The summed E-state index contributed by atoms with van der Waals surface area (Å²) in [5.74, 6) is -1.05. The third-order valence-corrected chi connectivity index (χ3v) is 4.97. The number of hydrogen-bond donors (Lipinski definition) is 2. The number of nitrogens with zero attached hydrogens (tertiary/aromatic N) is 2. The highest BCUT2D eigenvalue weighted by atomic mass is 35.5. The highest BCUT2D eigenvalue weighted by Gasteiger charge is 2.14. The minimum Gasteiger partial charge on any atom is -0.479 e. The van der Waals surface area contributed by atoms with Crippen LogP contribution in [0.2, 0.25) is 5.02 Å². The molecule has 3 rings (SSSR count). The third-order valence-electron chi connectivity index (χ3n) is 4.64. The van der Waals surface area contributed by atoms with Gasteiger partial charge in [0.25, 0.3) is 5.91 Å². The number of halogens is 1. The molecule has 0 bridgehead atoms. The number of ether oxygens (including phenoxy) is 1. The molecule has 0 aliphatic carbocycles. The highest BCUT2D eigenvalue weighted by Crippen LogP contribution is 2.23. The van der Waals surface area contributed by atoms with Gasteiger partial charge in [-0.2, -0.15) is 5.10 Å². The van der Waals surface area contributed by atoms with Gasteiger partial charge in [0.15, 0.2) is 6.10 Å². The van der Waals surface area contributed by atoms with Crippen LogP contribution in [0.15, 0.2) is 59.7 Å². The first-order chi connectivity index (χ1) is 14.8. The van der Waals surface area contributed by atoms with Crippen LogP contribution < -0.4 is 10.2 Å². The van der Waals surface area contributed by atoms with Crippen LogP contribution in [-0.4, -0.2) is 33.9 Å². The van der Waals surface area contributed by atoms with Crippen LogP contribution in [-0.2, 0) is 4.79 Å². The molecular weight excluding hydrogens is 418 g/mol. The van der Waals surface area contributed by atoms with Crippen molar-refractivity contribution < 1.29 is 19.4 Å². The summed E-state index contributed by atoms with van der Waals surface area (Å²) in [5, 5.41) is 13.2. The molecule has 31 heavy (non-hydrogen) atoms. The maximum absolute atomic E-state index is 12.6.